The van der Waals surface area contributed by atoms with E-state index in [9.17, 15) is 27.9 Å². The molecule has 7 N–H and O–H groups in total. The molecule has 14 heteroatoms. The van der Waals surface area contributed by atoms with E-state index in [0.29, 0.717) is 6.42 Å². The van der Waals surface area contributed by atoms with Gasteiger partial charge in [0.05, 0.1) is 4.90 Å². The van der Waals surface area contributed by atoms with Gasteiger partial charge in [-0.15, -0.1) is 0 Å². The van der Waals surface area contributed by atoms with Gasteiger partial charge in [0.2, 0.25) is 5.89 Å². The Labute approximate surface area is 214 Å². The molecule has 1 aromatic carbocycles. The van der Waals surface area contributed by atoms with E-state index >= 15 is 0 Å². The van der Waals surface area contributed by atoms with E-state index in [2.05, 4.69) is 20.6 Å². The first-order valence-corrected chi connectivity index (χ1v) is 13.0. The topological polar surface area (TPSA) is 220 Å². The Balaban J connectivity index is 2.22. The van der Waals surface area contributed by atoms with Crippen LogP contribution >= 0.6 is 0 Å². The first kappa shape index (κ1) is 29.3. The SMILES string of the molecule is Cc1oc([C@H](CC(C)C)NC(=O)S(=O)(=O)c2ccccc2)nc1C(=O)N[C@@H](CCCN=C(N)N)C(=O)O. The maximum absolute atomic E-state index is 12.8. The van der Waals surface area contributed by atoms with Crippen LogP contribution in [0.4, 0.5) is 4.79 Å². The van der Waals surface area contributed by atoms with Gasteiger partial charge in [0.15, 0.2) is 11.7 Å². The number of nitrogens with two attached hydrogens (primary N) is 2. The number of carboxylic acids is 1. The third-order valence-corrected chi connectivity index (χ3v) is 6.67. The third kappa shape index (κ3) is 8.31. The fraction of sp³-hybridized carbons (Fsp3) is 0.435. The monoisotopic (exact) mass is 536 g/mol. The van der Waals surface area contributed by atoms with E-state index in [1.807, 2.05) is 13.8 Å². The number of carbonyl (C=O) groups is 3. The predicted octanol–water partition coefficient (Wildman–Crippen LogP) is 1.49. The van der Waals surface area contributed by atoms with Crippen LogP contribution in [0.1, 0.15) is 61.3 Å². The molecule has 2 rings (SSSR count). The van der Waals surface area contributed by atoms with Crippen molar-refractivity contribution in [2.24, 2.45) is 22.4 Å². The summed E-state index contributed by atoms with van der Waals surface area (Å²) in [6.07, 6.45) is 0.626. The second-order valence-corrected chi connectivity index (χ2v) is 10.5. The van der Waals surface area contributed by atoms with Gasteiger partial charge < -0.3 is 31.6 Å². The summed E-state index contributed by atoms with van der Waals surface area (Å²) in [5.41, 5.74) is 10.3. The van der Waals surface area contributed by atoms with Crippen molar-refractivity contribution in [1.82, 2.24) is 15.6 Å². The number of nitrogens with one attached hydrogen (secondary N) is 2. The summed E-state index contributed by atoms with van der Waals surface area (Å²) in [6.45, 7) is 5.36. The van der Waals surface area contributed by atoms with Gasteiger partial charge in [-0.2, -0.15) is 0 Å². The minimum absolute atomic E-state index is 0.00387. The lowest BCUT2D eigenvalue weighted by molar-refractivity contribution is -0.139. The summed E-state index contributed by atoms with van der Waals surface area (Å²) in [5, 5.41) is 13.1. The second-order valence-electron chi connectivity index (χ2n) is 8.70. The molecule has 0 saturated carbocycles. The molecule has 1 heterocycles. The molecule has 0 unspecified atom stereocenters. The molecule has 2 atom stereocenters. The third-order valence-electron chi connectivity index (χ3n) is 5.17. The van der Waals surface area contributed by atoms with Crippen molar-refractivity contribution in [2.75, 3.05) is 6.54 Å². The number of nitrogens with zero attached hydrogens (tertiary/aromatic N) is 2. The number of oxazole rings is 1. The Morgan fingerprint density at radius 3 is 2.35 bits per heavy atom. The highest BCUT2D eigenvalue weighted by Crippen LogP contribution is 2.25. The summed E-state index contributed by atoms with van der Waals surface area (Å²) in [7, 11) is -4.33. The Bertz CT molecular complexity index is 1240. The largest absolute Gasteiger partial charge is 0.480 e. The summed E-state index contributed by atoms with van der Waals surface area (Å²) in [4.78, 5) is 44.9. The minimum atomic E-state index is -4.33. The van der Waals surface area contributed by atoms with Crippen molar-refractivity contribution in [3.63, 3.8) is 0 Å². The number of sulfone groups is 1. The molecule has 2 aromatic rings. The molecule has 202 valence electrons. The van der Waals surface area contributed by atoms with E-state index < -0.39 is 39.0 Å². The quantitative estimate of drug-likeness (QED) is 0.149. The number of aliphatic imine (C=N–C) groups is 1. The standard InChI is InChI=1S/C23H32N6O7S/c1-13(2)12-17(28-23(33)37(34,35)15-8-5-4-6-9-15)20-29-18(14(3)36-20)19(30)27-16(21(31)32)10-7-11-26-22(24)25/h4-6,8-9,13,16-17H,7,10-12H2,1-3H3,(H,27,30)(H,28,33)(H,31,32)(H4,24,25,26)/t16-,17-/m0/s1. The van der Waals surface area contributed by atoms with Gasteiger partial charge in [-0.1, -0.05) is 32.0 Å². The number of aliphatic carboxylic acids is 1. The van der Waals surface area contributed by atoms with E-state index in [4.69, 9.17) is 15.9 Å². The van der Waals surface area contributed by atoms with E-state index in [1.165, 1.54) is 31.2 Å². The number of benzene rings is 1. The van der Waals surface area contributed by atoms with Crippen LogP contribution in [-0.2, 0) is 14.6 Å². The molecule has 13 nitrogen and oxygen atoms in total. The normalized spacial score (nSPS) is 13.0. The number of rotatable bonds is 12. The van der Waals surface area contributed by atoms with E-state index in [0.717, 1.165) is 0 Å². The van der Waals surface area contributed by atoms with Gasteiger partial charge in [-0.25, -0.2) is 18.2 Å². The van der Waals surface area contributed by atoms with Crippen molar-refractivity contribution >= 4 is 32.9 Å². The molecule has 0 fully saturated rings. The molecule has 0 spiro atoms. The average Bonchev–Trinajstić information content (AvgIpc) is 3.22. The van der Waals surface area contributed by atoms with Gasteiger partial charge >= 0.3 is 11.2 Å². The number of hydrogen-bond donors (Lipinski definition) is 5. The van der Waals surface area contributed by atoms with E-state index in [-0.39, 0.29) is 53.5 Å². The predicted molar refractivity (Wildman–Crippen MR) is 134 cm³/mol. The van der Waals surface area contributed by atoms with Gasteiger partial charge in [0.25, 0.3) is 15.7 Å². The fourth-order valence-corrected chi connectivity index (χ4v) is 4.41. The zero-order chi connectivity index (χ0) is 27.8. The number of carbonyl (C=O) groups excluding carboxylic acids is 2. The van der Waals surface area contributed by atoms with Crippen molar-refractivity contribution < 1.29 is 32.3 Å². The molecule has 0 bridgehead atoms. The van der Waals surface area contributed by atoms with Crippen LogP contribution in [0, 0.1) is 12.8 Å². The van der Waals surface area contributed by atoms with Crippen molar-refractivity contribution in [3.8, 4) is 0 Å². The first-order valence-electron chi connectivity index (χ1n) is 11.5. The summed E-state index contributed by atoms with van der Waals surface area (Å²) in [6, 6.07) is 5.04. The highest BCUT2D eigenvalue weighted by molar-refractivity contribution is 8.06. The van der Waals surface area contributed by atoms with Crippen LogP contribution in [0.3, 0.4) is 0 Å². The molecule has 0 saturated heterocycles. The zero-order valence-electron chi connectivity index (χ0n) is 20.8. The Morgan fingerprint density at radius 1 is 1.14 bits per heavy atom. The number of guanidine groups is 1. The van der Waals surface area contributed by atoms with Crippen molar-refractivity contribution in [3.05, 3.63) is 47.7 Å². The summed E-state index contributed by atoms with van der Waals surface area (Å²) >= 11 is 0. The Morgan fingerprint density at radius 2 is 1.78 bits per heavy atom. The van der Waals surface area contributed by atoms with Crippen LogP contribution in [-0.4, -0.2) is 54.2 Å². The number of aromatic nitrogens is 1. The summed E-state index contributed by atoms with van der Waals surface area (Å²) in [5.74, 6) is -2.18. The molecular weight excluding hydrogens is 504 g/mol. The Kier molecular flexibility index (Phi) is 10.2. The molecule has 0 radical (unpaired) electrons. The molecule has 0 aliphatic carbocycles. The van der Waals surface area contributed by atoms with Crippen LogP contribution in [0.25, 0.3) is 0 Å². The zero-order valence-corrected chi connectivity index (χ0v) is 21.6. The number of amides is 2. The van der Waals surface area contributed by atoms with Crippen molar-refractivity contribution in [1.29, 1.82) is 0 Å². The lowest BCUT2D eigenvalue weighted by Gasteiger charge is -2.17. The summed E-state index contributed by atoms with van der Waals surface area (Å²) < 4.78 is 31.0. The van der Waals surface area contributed by atoms with Gasteiger partial charge in [0, 0.05) is 6.54 Å². The van der Waals surface area contributed by atoms with Crippen LogP contribution in [0.5, 0.6) is 0 Å². The maximum Gasteiger partial charge on any atom is 0.341 e. The van der Waals surface area contributed by atoms with Gasteiger partial charge in [-0.05, 0) is 44.2 Å². The smallest absolute Gasteiger partial charge is 0.341 e. The highest BCUT2D eigenvalue weighted by Gasteiger charge is 2.32. The molecule has 37 heavy (non-hydrogen) atoms. The first-order chi connectivity index (χ1) is 17.3. The minimum Gasteiger partial charge on any atom is -0.480 e. The molecular formula is C23H32N6O7S. The fourth-order valence-electron chi connectivity index (χ4n) is 3.38. The van der Waals surface area contributed by atoms with Crippen LogP contribution in [0.2, 0.25) is 0 Å². The van der Waals surface area contributed by atoms with E-state index in [1.54, 1.807) is 6.07 Å². The number of carboxylic acid groups (broad SMARTS) is 1. The second kappa shape index (κ2) is 12.9. The Hall–Kier alpha value is -3.94. The lowest BCUT2D eigenvalue weighted by Crippen LogP contribution is -2.41. The lowest BCUT2D eigenvalue weighted by atomic mass is 10.0. The van der Waals surface area contributed by atoms with Gasteiger partial charge in [-0.3, -0.25) is 14.6 Å². The van der Waals surface area contributed by atoms with Crippen molar-refractivity contribution in [2.45, 2.75) is 57.0 Å². The molecule has 0 aliphatic heterocycles. The van der Waals surface area contributed by atoms with Crippen LogP contribution < -0.4 is 22.1 Å². The molecule has 0 aliphatic rings. The molecule has 2 amide bonds. The molecule has 1 aromatic heterocycles. The number of hydrogen-bond acceptors (Lipinski definition) is 8. The highest BCUT2D eigenvalue weighted by atomic mass is 32.2. The number of aryl methyl sites for hydroxylation is 1. The average molecular weight is 537 g/mol. The van der Waals surface area contributed by atoms with Crippen LogP contribution in [0.15, 0.2) is 44.6 Å². The maximum atomic E-state index is 12.8. The van der Waals surface area contributed by atoms with Gasteiger partial charge in [0.1, 0.15) is 17.8 Å².